The number of carbonyl (C=O) groups is 3. The van der Waals surface area contributed by atoms with Crippen LogP contribution in [0.25, 0.3) is 11.3 Å². The molecule has 0 spiro atoms. The van der Waals surface area contributed by atoms with Crippen LogP contribution in [0.3, 0.4) is 0 Å². The second-order valence-corrected chi connectivity index (χ2v) is 7.12. The van der Waals surface area contributed by atoms with Gasteiger partial charge in [0.1, 0.15) is 6.61 Å². The zero-order valence-electron chi connectivity index (χ0n) is 17.9. The number of benzene rings is 3. The van der Waals surface area contributed by atoms with Crippen LogP contribution >= 0.6 is 0 Å². The number of nitrogens with zero attached hydrogens (tertiary/aromatic N) is 1. The van der Waals surface area contributed by atoms with Gasteiger partial charge in [-0.2, -0.15) is 0 Å². The predicted octanol–water partition coefficient (Wildman–Crippen LogP) is 4.67. The third-order valence-corrected chi connectivity index (χ3v) is 4.64. The molecule has 4 rings (SSSR count). The van der Waals surface area contributed by atoms with Gasteiger partial charge >= 0.3 is 17.9 Å². The number of hydrogen-bond acceptors (Lipinski definition) is 6. The van der Waals surface area contributed by atoms with Crippen molar-refractivity contribution in [3.05, 3.63) is 97.0 Å². The fourth-order valence-electron chi connectivity index (χ4n) is 3.02. The zero-order valence-corrected chi connectivity index (χ0v) is 17.9. The van der Waals surface area contributed by atoms with Gasteiger partial charge in [-0.15, -0.1) is 0 Å². The molecule has 3 N–H and O–H groups in total. The summed E-state index contributed by atoms with van der Waals surface area (Å²) >= 11 is 0. The Morgan fingerprint density at radius 3 is 2.15 bits per heavy atom. The van der Waals surface area contributed by atoms with Crippen LogP contribution in [0.15, 0.2) is 95.9 Å². The molecule has 0 fully saturated rings. The number of rotatable bonds is 6. The minimum Gasteiger partial charge on any atom is -0.444 e. The van der Waals surface area contributed by atoms with E-state index in [0.29, 0.717) is 28.4 Å². The number of nitrogens with one attached hydrogen (secondary N) is 3. The highest BCUT2D eigenvalue weighted by Gasteiger charge is 2.15. The molecule has 0 aliphatic heterocycles. The molecule has 9 nitrogen and oxygen atoms in total. The molecule has 0 unspecified atom stereocenters. The summed E-state index contributed by atoms with van der Waals surface area (Å²) in [6.45, 7) is -0.00783. The minimum absolute atomic E-state index is 0.00783. The highest BCUT2D eigenvalue weighted by atomic mass is 16.5. The lowest BCUT2D eigenvalue weighted by molar-refractivity contribution is -0.132. The van der Waals surface area contributed by atoms with E-state index in [4.69, 9.17) is 9.15 Å². The maximum atomic E-state index is 12.3. The number of anilines is 3. The summed E-state index contributed by atoms with van der Waals surface area (Å²) in [5, 5.41) is 7.69. The first-order chi connectivity index (χ1) is 16.6. The lowest BCUT2D eigenvalue weighted by atomic mass is 10.1. The van der Waals surface area contributed by atoms with E-state index in [9.17, 15) is 14.4 Å². The van der Waals surface area contributed by atoms with Crippen LogP contribution in [-0.2, 0) is 20.9 Å². The first kappa shape index (κ1) is 22.3. The first-order valence-electron chi connectivity index (χ1n) is 10.3. The number of hydrogen-bond donors (Lipinski definition) is 3. The molecule has 1 heterocycles. The fourth-order valence-corrected chi connectivity index (χ4v) is 3.02. The molecule has 0 saturated carbocycles. The maximum Gasteiger partial charge on any atom is 0.411 e. The summed E-state index contributed by atoms with van der Waals surface area (Å²) in [4.78, 5) is 40.4. The highest BCUT2D eigenvalue weighted by Crippen LogP contribution is 2.21. The number of oxazole rings is 1. The van der Waals surface area contributed by atoms with Crippen molar-refractivity contribution < 1.29 is 23.5 Å². The lowest BCUT2D eigenvalue weighted by Gasteiger charge is -2.10. The smallest absolute Gasteiger partial charge is 0.411 e. The number of aromatic nitrogens is 1. The van der Waals surface area contributed by atoms with E-state index in [1.165, 1.54) is 6.39 Å². The van der Waals surface area contributed by atoms with Crippen LogP contribution in [0.5, 0.6) is 0 Å². The van der Waals surface area contributed by atoms with Gasteiger partial charge in [0.15, 0.2) is 12.2 Å². The van der Waals surface area contributed by atoms with Crippen LogP contribution in [0.2, 0.25) is 0 Å². The summed E-state index contributed by atoms with van der Waals surface area (Å²) in [6, 6.07) is 22.4. The molecule has 3 aromatic carbocycles. The standard InChI is InChI=1S/C25H20N4O5/c30-23(27-20-11-9-18(10-12-20)22-14-26-16-34-22)24(31)28-21-8-4-5-17(13-21)15-33-25(32)29-19-6-2-1-3-7-19/h1-14,16H,15H2,(H,27,30)(H,28,31)(H,29,32). The molecule has 9 heteroatoms. The Labute approximate surface area is 194 Å². The van der Waals surface area contributed by atoms with E-state index in [1.807, 2.05) is 6.07 Å². The molecule has 0 atom stereocenters. The number of amides is 3. The van der Waals surface area contributed by atoms with Crippen molar-refractivity contribution >= 4 is 35.0 Å². The van der Waals surface area contributed by atoms with Gasteiger partial charge in [0.25, 0.3) is 0 Å². The summed E-state index contributed by atoms with van der Waals surface area (Å²) in [5.41, 5.74) is 2.90. The molecular formula is C25H20N4O5. The Bertz CT molecular complexity index is 1270. The van der Waals surface area contributed by atoms with Gasteiger partial charge in [0.05, 0.1) is 6.20 Å². The fraction of sp³-hybridized carbons (Fsp3) is 0.0400. The van der Waals surface area contributed by atoms with Gasteiger partial charge in [-0.05, 0) is 54.1 Å². The molecule has 34 heavy (non-hydrogen) atoms. The largest absolute Gasteiger partial charge is 0.444 e. The van der Waals surface area contributed by atoms with Gasteiger partial charge in [0, 0.05) is 22.6 Å². The van der Waals surface area contributed by atoms with Crippen LogP contribution in [-0.4, -0.2) is 22.9 Å². The van der Waals surface area contributed by atoms with Crippen molar-refractivity contribution in [1.29, 1.82) is 0 Å². The van der Waals surface area contributed by atoms with Gasteiger partial charge in [-0.1, -0.05) is 30.3 Å². The first-order valence-corrected chi connectivity index (χ1v) is 10.3. The Balaban J connectivity index is 1.28. The lowest BCUT2D eigenvalue weighted by Crippen LogP contribution is -2.29. The SMILES string of the molecule is O=C(Nc1ccccc1)OCc1cccc(NC(=O)C(=O)Nc2ccc(-c3cnco3)cc2)c1. The van der Waals surface area contributed by atoms with Crippen molar-refractivity contribution in [2.24, 2.45) is 0 Å². The predicted molar refractivity (Wildman–Crippen MR) is 126 cm³/mol. The van der Waals surface area contributed by atoms with Gasteiger partial charge in [-0.3, -0.25) is 14.9 Å². The van der Waals surface area contributed by atoms with Crippen LogP contribution in [0, 0.1) is 0 Å². The molecule has 0 aliphatic rings. The Morgan fingerprint density at radius 1 is 0.765 bits per heavy atom. The summed E-state index contributed by atoms with van der Waals surface area (Å²) in [7, 11) is 0. The van der Waals surface area contributed by atoms with Crippen molar-refractivity contribution in [2.45, 2.75) is 6.61 Å². The average molecular weight is 456 g/mol. The number of ether oxygens (including phenoxy) is 1. The molecule has 170 valence electrons. The van der Waals surface area contributed by atoms with Crippen molar-refractivity contribution in [3.63, 3.8) is 0 Å². The monoisotopic (exact) mass is 456 g/mol. The molecule has 1 aromatic heterocycles. The second-order valence-electron chi connectivity index (χ2n) is 7.12. The van der Waals surface area contributed by atoms with Crippen LogP contribution in [0.1, 0.15) is 5.56 Å². The van der Waals surface area contributed by atoms with E-state index in [0.717, 1.165) is 5.56 Å². The van der Waals surface area contributed by atoms with E-state index in [1.54, 1.807) is 79.0 Å². The molecule has 0 aliphatic carbocycles. The summed E-state index contributed by atoms with van der Waals surface area (Å²) in [5.74, 6) is -1.06. The zero-order chi connectivity index (χ0) is 23.8. The normalized spacial score (nSPS) is 10.2. The van der Waals surface area contributed by atoms with Gasteiger partial charge < -0.3 is 19.8 Å². The van der Waals surface area contributed by atoms with Crippen LogP contribution < -0.4 is 16.0 Å². The topological polar surface area (TPSA) is 123 Å². The van der Waals surface area contributed by atoms with Gasteiger partial charge in [0.2, 0.25) is 0 Å². The molecule has 0 bridgehead atoms. The Hall–Kier alpha value is -4.92. The maximum absolute atomic E-state index is 12.3. The molecule has 0 saturated heterocycles. The number of carbonyl (C=O) groups excluding carboxylic acids is 3. The Morgan fingerprint density at radius 2 is 1.44 bits per heavy atom. The molecule has 0 radical (unpaired) electrons. The molecule has 4 aromatic rings. The van der Waals surface area contributed by atoms with Crippen LogP contribution in [0.4, 0.5) is 21.9 Å². The van der Waals surface area contributed by atoms with Crippen molar-refractivity contribution in [3.8, 4) is 11.3 Å². The van der Waals surface area contributed by atoms with E-state index < -0.39 is 17.9 Å². The molecule has 3 amide bonds. The van der Waals surface area contributed by atoms with Crippen molar-refractivity contribution in [2.75, 3.05) is 16.0 Å². The van der Waals surface area contributed by atoms with Gasteiger partial charge in [-0.25, -0.2) is 9.78 Å². The summed E-state index contributed by atoms with van der Waals surface area (Å²) in [6.07, 6.45) is 2.31. The molecular weight excluding hydrogens is 436 g/mol. The third kappa shape index (κ3) is 6.07. The van der Waals surface area contributed by atoms with E-state index >= 15 is 0 Å². The average Bonchev–Trinajstić information content (AvgIpc) is 3.39. The Kier molecular flexibility index (Phi) is 6.94. The van der Waals surface area contributed by atoms with E-state index in [-0.39, 0.29) is 6.61 Å². The third-order valence-electron chi connectivity index (χ3n) is 4.64. The number of para-hydroxylation sites is 1. The quantitative estimate of drug-likeness (QED) is 0.363. The van der Waals surface area contributed by atoms with E-state index in [2.05, 4.69) is 20.9 Å². The van der Waals surface area contributed by atoms with Crippen molar-refractivity contribution in [1.82, 2.24) is 4.98 Å². The summed E-state index contributed by atoms with van der Waals surface area (Å²) < 4.78 is 10.4. The minimum atomic E-state index is -0.834. The second kappa shape index (κ2) is 10.6. The highest BCUT2D eigenvalue weighted by molar-refractivity contribution is 6.43.